The van der Waals surface area contributed by atoms with Crippen LogP contribution in [0.25, 0.3) is 0 Å². The highest BCUT2D eigenvalue weighted by atomic mass is 35.5. The number of hydrogen-bond acceptors (Lipinski definition) is 10. The highest BCUT2D eigenvalue weighted by molar-refractivity contribution is 8.07. The van der Waals surface area contributed by atoms with Crippen LogP contribution in [0.2, 0.25) is 5.02 Å². The Balaban J connectivity index is 1.69. The zero-order chi connectivity index (χ0) is 30.9. The lowest BCUT2D eigenvalue weighted by Crippen LogP contribution is -2.57. The van der Waals surface area contributed by atoms with Gasteiger partial charge in [-0.25, -0.2) is 13.6 Å². The predicted octanol–water partition coefficient (Wildman–Crippen LogP) is 4.14. The summed E-state index contributed by atoms with van der Waals surface area (Å²) in [5.41, 5.74) is -6.30. The average molecular weight is 657 g/mol. The Kier molecular flexibility index (Phi) is 9.25. The zero-order valence-electron chi connectivity index (χ0n) is 21.5. The molecule has 4 rings (SSSR count). The number of H-pyrrole nitrogens is 1. The van der Waals surface area contributed by atoms with E-state index in [-0.39, 0.29) is 16.1 Å². The number of methoxy groups -OCH3 is 2. The summed E-state index contributed by atoms with van der Waals surface area (Å²) in [6.07, 6.45) is -8.87. The molecule has 1 unspecified atom stereocenters. The van der Waals surface area contributed by atoms with E-state index >= 15 is 8.78 Å². The topological polar surface area (TPSA) is 130 Å². The van der Waals surface area contributed by atoms with Crippen LogP contribution >= 0.6 is 18.3 Å². The van der Waals surface area contributed by atoms with Crippen molar-refractivity contribution in [1.82, 2.24) is 9.55 Å². The fourth-order valence-electron chi connectivity index (χ4n) is 3.81. The third-order valence-corrected chi connectivity index (χ3v) is 8.43. The van der Waals surface area contributed by atoms with Gasteiger partial charge in [-0.2, -0.15) is 8.78 Å². The van der Waals surface area contributed by atoms with Crippen LogP contribution in [-0.4, -0.2) is 59.5 Å². The number of hydrogen-bond donors (Lipinski definition) is 2. The van der Waals surface area contributed by atoms with Crippen molar-refractivity contribution in [2.75, 3.05) is 20.8 Å². The van der Waals surface area contributed by atoms with Crippen molar-refractivity contribution in [3.05, 3.63) is 80.6 Å². The minimum absolute atomic E-state index is 0.0187. The Morgan fingerprint density at radius 1 is 1.02 bits per heavy atom. The van der Waals surface area contributed by atoms with Crippen molar-refractivity contribution in [3.63, 3.8) is 0 Å². The molecule has 0 radical (unpaired) electrons. The van der Waals surface area contributed by atoms with Gasteiger partial charge in [-0.05, 0) is 48.5 Å². The van der Waals surface area contributed by atoms with E-state index in [4.69, 9.17) is 51.2 Å². The second-order valence-electron chi connectivity index (χ2n) is 8.66. The van der Waals surface area contributed by atoms with E-state index < -0.39 is 59.9 Å². The van der Waals surface area contributed by atoms with Crippen molar-refractivity contribution in [1.29, 1.82) is 0 Å². The monoisotopic (exact) mass is 656 g/mol. The Hall–Kier alpha value is -3.14. The molecule has 1 aliphatic heterocycles. The fraction of sp³-hybridized carbons (Fsp3) is 0.333. The van der Waals surface area contributed by atoms with Gasteiger partial charge in [0.15, 0.2) is 12.3 Å². The lowest BCUT2D eigenvalue weighted by atomic mass is 9.95. The normalized spacial score (nSPS) is 21.7. The number of aromatic nitrogens is 2. The highest BCUT2D eigenvalue weighted by Gasteiger charge is 2.74. The molecule has 0 bridgehead atoms. The lowest BCUT2D eigenvalue weighted by molar-refractivity contribution is -0.242. The van der Waals surface area contributed by atoms with E-state index in [2.05, 4.69) is 0 Å². The maximum absolute atomic E-state index is 15.5. The maximum atomic E-state index is 15.5. The number of aliphatic hydroxyl groups excluding tert-OH is 1. The van der Waals surface area contributed by atoms with Crippen LogP contribution in [0.1, 0.15) is 6.23 Å². The zero-order valence-corrected chi connectivity index (χ0v) is 24.0. The van der Waals surface area contributed by atoms with E-state index in [1.54, 1.807) is 4.98 Å². The number of nitrogens with one attached hydrogen (secondary N) is 1. The van der Waals surface area contributed by atoms with Gasteiger partial charge in [-0.1, -0.05) is 11.6 Å². The maximum Gasteiger partial charge on any atom is 0.435 e. The number of nitrogens with zero attached hydrogens (tertiary/aromatic N) is 1. The van der Waals surface area contributed by atoms with E-state index in [0.717, 1.165) is 0 Å². The van der Waals surface area contributed by atoms with Crippen molar-refractivity contribution < 1.29 is 50.5 Å². The molecule has 2 N–H and O–H groups in total. The van der Waals surface area contributed by atoms with E-state index in [9.17, 15) is 23.5 Å². The molecule has 0 spiro atoms. The van der Waals surface area contributed by atoms with Gasteiger partial charge in [0.05, 0.1) is 20.8 Å². The van der Waals surface area contributed by atoms with Gasteiger partial charge in [0.2, 0.25) is 5.60 Å². The second kappa shape index (κ2) is 12.2. The summed E-state index contributed by atoms with van der Waals surface area (Å²) in [5.74, 6) is -3.84. The van der Waals surface area contributed by atoms with Crippen LogP contribution in [0.3, 0.4) is 0 Å². The second-order valence-corrected chi connectivity index (χ2v) is 11.9. The molecule has 2 aromatic carbocycles. The summed E-state index contributed by atoms with van der Waals surface area (Å²) in [4.78, 5) is 25.6. The third-order valence-electron chi connectivity index (χ3n) is 6.08. The number of halogens is 5. The van der Waals surface area contributed by atoms with Gasteiger partial charge in [0.1, 0.15) is 28.0 Å². The molecular formula is C24H22ClF4N2O9PS. The van der Waals surface area contributed by atoms with Crippen LogP contribution < -0.4 is 29.8 Å². The van der Waals surface area contributed by atoms with E-state index in [1.807, 2.05) is 0 Å². The Morgan fingerprint density at radius 2 is 1.50 bits per heavy atom. The summed E-state index contributed by atoms with van der Waals surface area (Å²) in [6, 6.07) is 11.5. The van der Waals surface area contributed by atoms with Gasteiger partial charge in [-0.15, -0.1) is 0 Å². The number of benzene rings is 2. The Labute approximate surface area is 244 Å². The predicted molar refractivity (Wildman–Crippen MR) is 144 cm³/mol. The van der Waals surface area contributed by atoms with Crippen molar-refractivity contribution in [3.8, 4) is 23.0 Å². The van der Waals surface area contributed by atoms with Crippen LogP contribution in [0.15, 0.2) is 64.3 Å². The van der Waals surface area contributed by atoms with E-state index in [1.165, 1.54) is 62.8 Å². The molecule has 3 aromatic rings. The fourth-order valence-corrected chi connectivity index (χ4v) is 5.89. The van der Waals surface area contributed by atoms with Crippen LogP contribution in [-0.2, 0) is 21.1 Å². The molecule has 1 aliphatic rings. The quantitative estimate of drug-likeness (QED) is 0.230. The van der Waals surface area contributed by atoms with Crippen LogP contribution in [0.5, 0.6) is 23.0 Å². The SMILES string of the molecule is COc1ccc(OP(=S)(OC[C@]2(C(F)F)O[C@H](n3cc(Cl)c(=O)[nH]c3=O)C(O)C2(F)F)Oc2ccc(OC)cc2)cc1. The van der Waals surface area contributed by atoms with Crippen molar-refractivity contribution in [2.24, 2.45) is 0 Å². The molecule has 228 valence electrons. The van der Waals surface area contributed by atoms with Crippen molar-refractivity contribution >= 4 is 30.1 Å². The standard InChI is InChI=1S/C24H22ClF4N2O9PS/c1-35-13-3-7-15(8-4-13)39-41(42,40-16-9-5-14(36-2)6-10-16)37-12-23(21(26)27)24(28,29)18(32)20(38-23)31-11-17(25)19(33)30-22(31)34/h3-11,18,20-21,32H,12H2,1-2H3,(H,30,33,34)/t18?,20-,23+/m0/s1. The molecule has 3 atom stereocenters. The molecular weight excluding hydrogens is 635 g/mol. The summed E-state index contributed by atoms with van der Waals surface area (Å²) in [5, 5.41) is 9.72. The van der Waals surface area contributed by atoms with Crippen molar-refractivity contribution in [2.45, 2.75) is 30.3 Å². The Bertz CT molecular complexity index is 1520. The van der Waals surface area contributed by atoms with Gasteiger partial charge in [-0.3, -0.25) is 18.9 Å². The molecule has 1 fully saturated rings. The highest BCUT2D eigenvalue weighted by Crippen LogP contribution is 2.56. The lowest BCUT2D eigenvalue weighted by Gasteiger charge is -2.34. The minimum Gasteiger partial charge on any atom is -0.497 e. The minimum atomic E-state index is -4.74. The van der Waals surface area contributed by atoms with E-state index in [0.29, 0.717) is 17.7 Å². The molecule has 0 aliphatic carbocycles. The molecule has 42 heavy (non-hydrogen) atoms. The third kappa shape index (κ3) is 6.14. The molecule has 1 aromatic heterocycles. The largest absolute Gasteiger partial charge is 0.497 e. The summed E-state index contributed by atoms with van der Waals surface area (Å²) < 4.78 is 92.0. The van der Waals surface area contributed by atoms with Crippen LogP contribution in [0, 0.1) is 0 Å². The van der Waals surface area contributed by atoms with Gasteiger partial charge in [0, 0.05) is 18.0 Å². The number of ether oxygens (including phenoxy) is 3. The van der Waals surface area contributed by atoms with Gasteiger partial charge >= 0.3 is 18.3 Å². The molecule has 0 amide bonds. The smallest absolute Gasteiger partial charge is 0.435 e. The molecule has 11 nitrogen and oxygen atoms in total. The first kappa shape index (κ1) is 31.8. The number of alkyl halides is 4. The number of aliphatic hydroxyl groups is 1. The Morgan fingerprint density at radius 3 is 1.95 bits per heavy atom. The first-order chi connectivity index (χ1) is 19.7. The first-order valence-electron chi connectivity index (χ1n) is 11.7. The number of rotatable bonds is 11. The van der Waals surface area contributed by atoms with Crippen LogP contribution in [0.4, 0.5) is 17.6 Å². The molecule has 0 saturated carbocycles. The molecule has 2 heterocycles. The molecule has 18 heteroatoms. The van der Waals surface area contributed by atoms with Gasteiger partial charge < -0.3 is 28.4 Å². The summed E-state index contributed by atoms with van der Waals surface area (Å²) in [6.45, 7) is -5.92. The van der Waals surface area contributed by atoms with Gasteiger partial charge in [0.25, 0.3) is 12.0 Å². The number of aromatic amines is 1. The summed E-state index contributed by atoms with van der Waals surface area (Å²) >= 11 is 11.1. The summed E-state index contributed by atoms with van der Waals surface area (Å²) in [7, 11) is 2.83. The molecule has 1 saturated heterocycles. The first-order valence-corrected chi connectivity index (χ1v) is 14.6. The average Bonchev–Trinajstić information content (AvgIpc) is 3.16.